The van der Waals surface area contributed by atoms with Crippen LogP contribution in [0.25, 0.3) is 22.3 Å². The summed E-state index contributed by atoms with van der Waals surface area (Å²) >= 11 is 0. The number of anilines is 2. The van der Waals surface area contributed by atoms with Crippen molar-refractivity contribution in [2.75, 3.05) is 38.4 Å². The van der Waals surface area contributed by atoms with Crippen LogP contribution >= 0.6 is 23.5 Å². The molecule has 0 amide bonds. The summed E-state index contributed by atoms with van der Waals surface area (Å²) in [6.45, 7) is -2.20. The van der Waals surface area contributed by atoms with Gasteiger partial charge in [-0.1, -0.05) is 4.98 Å². The first-order chi connectivity index (χ1) is 24.8. The minimum atomic E-state index is -6.32. The molecule has 0 radical (unpaired) electrons. The predicted molar refractivity (Wildman–Crippen MR) is 164 cm³/mol. The van der Waals surface area contributed by atoms with E-state index in [9.17, 15) is 48.5 Å². The first-order valence-corrected chi connectivity index (χ1v) is 19.4. The molecule has 0 bridgehead atoms. The molecular weight excluding hydrogens is 781 g/mol. The number of rotatable bonds is 14. The molecule has 292 valence electrons. The summed E-state index contributed by atoms with van der Waals surface area (Å²) in [7, 11) is -14.0. The lowest BCUT2D eigenvalue weighted by Crippen LogP contribution is -2.46. The Labute approximate surface area is 295 Å². The number of aryl methyl sites for hydroxylation is 1. The number of aromatic amines is 1. The number of nitrogens with two attached hydrogens (primary N) is 1. The number of phosphoric ester groups is 2. The highest BCUT2D eigenvalue weighted by Gasteiger charge is 2.48. The van der Waals surface area contributed by atoms with Gasteiger partial charge < -0.3 is 64.3 Å². The van der Waals surface area contributed by atoms with Crippen molar-refractivity contribution in [2.24, 2.45) is 7.05 Å². The van der Waals surface area contributed by atoms with Gasteiger partial charge in [0.25, 0.3) is 35.0 Å². The molecule has 0 aliphatic carbocycles. The van der Waals surface area contributed by atoms with Crippen LogP contribution in [-0.4, -0.2) is 113 Å². The molecule has 6 rings (SSSR count). The highest BCUT2D eigenvalue weighted by Crippen LogP contribution is 2.63. The average Bonchev–Trinajstić information content (AvgIpc) is 3.80. The number of phosphoric acid groups is 3. The molecule has 7 N–H and O–H groups in total. The van der Waals surface area contributed by atoms with Crippen molar-refractivity contribution in [3.8, 4) is 0 Å². The molecule has 27 nitrogen and oxygen atoms in total. The maximum Gasteiger partial charge on any atom is 0.313 e. The number of fused-ring (bicyclic) bond motifs is 2. The van der Waals surface area contributed by atoms with Gasteiger partial charge in [0, 0.05) is 14.2 Å². The Bertz CT molecular complexity index is 2200. The number of ether oxygens (including phenoxy) is 3. The molecule has 53 heavy (non-hydrogen) atoms. The van der Waals surface area contributed by atoms with Crippen LogP contribution in [-0.2, 0) is 52.6 Å². The standard InChI is InChI=1S/C23H33N10O17P3/c1-25-17-11-18(27-6-26-17)32(7-28-11)22-16(44-3)14(35)10(48-22)5-46-52(40,41)50-53(42,43)49-51(38,39)45-4-9-13(34)15(36)21(47-9)33-8-31(2)12-19(33)29-23(24)30-20(12)37/h6-10,13-16,21-22,34-36H,4-5H2,1-3H3,(H6-,24,25,26,27,29,30,37,38,39,40,41,42,43)/p-2. The van der Waals surface area contributed by atoms with E-state index in [1.165, 1.54) is 42.3 Å². The van der Waals surface area contributed by atoms with E-state index in [4.69, 9.17) is 19.9 Å². The van der Waals surface area contributed by atoms with Crippen LogP contribution in [0.1, 0.15) is 12.5 Å². The van der Waals surface area contributed by atoms with Crippen LogP contribution in [0.5, 0.6) is 0 Å². The molecule has 11 unspecified atom stereocenters. The fourth-order valence-electron chi connectivity index (χ4n) is 5.74. The minimum Gasteiger partial charge on any atom is -0.756 e. The summed E-state index contributed by atoms with van der Waals surface area (Å²) in [5.41, 5.74) is 5.49. The van der Waals surface area contributed by atoms with Gasteiger partial charge in [0.15, 0.2) is 24.0 Å². The lowest BCUT2D eigenvalue weighted by molar-refractivity contribution is -0.745. The van der Waals surface area contributed by atoms with Crippen molar-refractivity contribution < 1.29 is 80.1 Å². The van der Waals surface area contributed by atoms with Gasteiger partial charge in [0.1, 0.15) is 48.5 Å². The molecular formula is C23H31N10O17P3-2. The first kappa shape index (κ1) is 39.4. The van der Waals surface area contributed by atoms with E-state index in [-0.39, 0.29) is 22.8 Å². The molecule has 4 aromatic heterocycles. The maximum absolute atomic E-state index is 12.4. The van der Waals surface area contributed by atoms with Gasteiger partial charge in [-0.3, -0.25) is 32.6 Å². The number of aromatic nitrogens is 8. The number of H-pyrrole nitrogens is 1. The monoisotopic (exact) mass is 812 g/mol. The number of imidazole rings is 2. The van der Waals surface area contributed by atoms with Gasteiger partial charge in [-0.25, -0.2) is 28.1 Å². The number of aliphatic hydroxyl groups excluding tert-OH is 3. The average molecular weight is 812 g/mol. The van der Waals surface area contributed by atoms with Crippen LogP contribution < -0.4 is 35.9 Å². The minimum absolute atomic E-state index is 0.00458. The van der Waals surface area contributed by atoms with Crippen molar-refractivity contribution in [1.82, 2.24) is 34.1 Å². The lowest BCUT2D eigenvalue weighted by atomic mass is 10.1. The van der Waals surface area contributed by atoms with Crippen LogP contribution in [0.2, 0.25) is 0 Å². The fraction of sp³-hybridized carbons (Fsp3) is 0.565. The molecule has 2 saturated heterocycles. The molecule has 11 atom stereocenters. The Kier molecular flexibility index (Phi) is 10.9. The molecule has 0 saturated carbocycles. The smallest absolute Gasteiger partial charge is 0.313 e. The van der Waals surface area contributed by atoms with Gasteiger partial charge in [-0.05, 0) is 0 Å². The first-order valence-electron chi connectivity index (χ1n) is 15.0. The summed E-state index contributed by atoms with van der Waals surface area (Å²) in [4.78, 5) is 68.1. The van der Waals surface area contributed by atoms with Crippen molar-refractivity contribution in [1.29, 1.82) is 0 Å². The highest BCUT2D eigenvalue weighted by molar-refractivity contribution is 7.65. The van der Waals surface area contributed by atoms with E-state index in [2.05, 4.69) is 47.9 Å². The summed E-state index contributed by atoms with van der Waals surface area (Å²) < 4.78 is 74.2. The number of methoxy groups -OCH3 is 1. The van der Waals surface area contributed by atoms with Crippen LogP contribution in [0.4, 0.5) is 11.8 Å². The van der Waals surface area contributed by atoms with E-state index >= 15 is 0 Å². The summed E-state index contributed by atoms with van der Waals surface area (Å²) in [5, 5.41) is 34.7. The second-order valence-corrected chi connectivity index (χ2v) is 16.0. The molecule has 0 spiro atoms. The van der Waals surface area contributed by atoms with Crippen molar-refractivity contribution >= 4 is 57.6 Å². The van der Waals surface area contributed by atoms with Gasteiger partial charge in [0.05, 0.1) is 26.6 Å². The van der Waals surface area contributed by atoms with E-state index < -0.39 is 91.3 Å². The van der Waals surface area contributed by atoms with E-state index in [1.54, 1.807) is 7.05 Å². The van der Waals surface area contributed by atoms with Gasteiger partial charge >= 0.3 is 5.65 Å². The molecule has 2 aliphatic heterocycles. The molecule has 2 fully saturated rings. The zero-order valence-electron chi connectivity index (χ0n) is 27.4. The van der Waals surface area contributed by atoms with E-state index in [0.717, 1.165) is 4.57 Å². The molecule has 6 heterocycles. The fourth-order valence-corrected chi connectivity index (χ4v) is 9.13. The summed E-state index contributed by atoms with van der Waals surface area (Å²) in [6.07, 6.45) is -8.22. The largest absolute Gasteiger partial charge is 0.756 e. The third-order valence-electron chi connectivity index (χ3n) is 8.05. The number of nitrogen functional groups attached to an aromatic ring is 1. The number of nitrogens with zero attached hydrogens (tertiary/aromatic N) is 7. The second-order valence-electron chi connectivity index (χ2n) is 11.5. The Morgan fingerprint density at radius 3 is 2.26 bits per heavy atom. The van der Waals surface area contributed by atoms with Gasteiger partial charge in [-0.15, -0.1) is 0 Å². The Morgan fingerprint density at radius 2 is 1.64 bits per heavy atom. The summed E-state index contributed by atoms with van der Waals surface area (Å²) in [6, 6.07) is 0. The molecule has 4 aromatic rings. The predicted octanol–water partition coefficient (Wildman–Crippen LogP) is -4.62. The lowest BCUT2D eigenvalue weighted by Gasteiger charge is -2.34. The topological polar surface area (TPSA) is 382 Å². The van der Waals surface area contributed by atoms with Crippen molar-refractivity contribution in [3.63, 3.8) is 0 Å². The molecule has 0 aromatic carbocycles. The van der Waals surface area contributed by atoms with Crippen molar-refractivity contribution in [3.05, 3.63) is 29.3 Å². The highest BCUT2D eigenvalue weighted by atomic mass is 31.3. The number of hydrogen-bond acceptors (Lipinski definition) is 23. The molecule has 30 heteroatoms. The van der Waals surface area contributed by atoms with Crippen LogP contribution in [0.15, 0.2) is 23.8 Å². The third-order valence-corrected chi connectivity index (χ3v) is 12.2. The SMILES string of the molecule is CNc1ncnc2c1ncn2C1OC(COP(=O)([O-])OP(=O)([O-])OP(=O)([O-])OCC2OC([n+]3cn(C)c4c(=O)[nH]c(N)nc43)C(O)C2O)C(O)C1OC. The zero-order valence-corrected chi connectivity index (χ0v) is 30.1. The Morgan fingerprint density at radius 1 is 1.00 bits per heavy atom. The number of aliphatic hydroxyl groups is 3. The van der Waals surface area contributed by atoms with E-state index in [1.807, 2.05) is 0 Å². The van der Waals surface area contributed by atoms with E-state index in [0.29, 0.717) is 11.3 Å². The normalized spacial score (nSPS) is 29.7. The molecule has 2 aliphatic rings. The second kappa shape index (κ2) is 14.7. The summed E-state index contributed by atoms with van der Waals surface area (Å²) in [5.74, 6) is 0.0911. The number of hydrogen-bond donors (Lipinski definition) is 6. The Hall–Kier alpha value is -3.33. The van der Waals surface area contributed by atoms with Gasteiger partial charge in [0.2, 0.25) is 11.7 Å². The zero-order chi connectivity index (χ0) is 38.6. The number of nitrogens with one attached hydrogen (secondary N) is 2. The third kappa shape index (κ3) is 7.92. The van der Waals surface area contributed by atoms with Crippen molar-refractivity contribution in [2.45, 2.75) is 49.1 Å². The quantitative estimate of drug-likeness (QED) is 0.0515. The van der Waals surface area contributed by atoms with Crippen LogP contribution in [0, 0.1) is 0 Å². The van der Waals surface area contributed by atoms with Gasteiger partial charge in [-0.2, -0.15) is 0 Å². The Balaban J connectivity index is 1.05. The van der Waals surface area contributed by atoms with Crippen LogP contribution in [0.3, 0.4) is 0 Å². The maximum atomic E-state index is 12.4.